The van der Waals surface area contributed by atoms with Crippen molar-refractivity contribution in [2.24, 2.45) is 0 Å². The molecule has 0 aromatic carbocycles. The third kappa shape index (κ3) is 5.77. The van der Waals surface area contributed by atoms with Crippen LogP contribution in [0, 0.1) is 0 Å². The van der Waals surface area contributed by atoms with Crippen molar-refractivity contribution < 1.29 is 19.4 Å². The molecule has 14 heavy (non-hydrogen) atoms. The van der Waals surface area contributed by atoms with Crippen LogP contribution in [0.15, 0.2) is 0 Å². The van der Waals surface area contributed by atoms with Gasteiger partial charge in [0, 0.05) is 14.2 Å². The monoisotopic (exact) mass is 205 g/mol. The molecule has 84 valence electrons. The van der Waals surface area contributed by atoms with Gasteiger partial charge in [0.25, 0.3) is 0 Å². The Hall–Kier alpha value is -0.810. The molecule has 0 heterocycles. The highest BCUT2D eigenvalue weighted by atomic mass is 16.6. The Kier molecular flexibility index (Phi) is 6.23. The fourth-order valence-corrected chi connectivity index (χ4v) is 0.927. The molecule has 0 aliphatic rings. The van der Waals surface area contributed by atoms with E-state index in [1.54, 1.807) is 20.9 Å². The number of ether oxygens (including phenoxy) is 2. The average molecular weight is 205 g/mol. The van der Waals surface area contributed by atoms with Crippen LogP contribution in [0.5, 0.6) is 0 Å². The first-order valence-electron chi connectivity index (χ1n) is 4.56. The summed E-state index contributed by atoms with van der Waals surface area (Å²) in [7, 11) is 3.07. The summed E-state index contributed by atoms with van der Waals surface area (Å²) < 4.78 is 9.66. The van der Waals surface area contributed by atoms with Crippen LogP contribution >= 0.6 is 0 Å². The van der Waals surface area contributed by atoms with Gasteiger partial charge in [-0.05, 0) is 13.8 Å². The number of aliphatic hydroxyl groups excluding tert-OH is 1. The molecule has 0 aliphatic heterocycles. The molecule has 0 saturated carbocycles. The lowest BCUT2D eigenvalue weighted by Gasteiger charge is -2.21. The van der Waals surface area contributed by atoms with E-state index in [4.69, 9.17) is 9.47 Å². The third-order valence-electron chi connectivity index (χ3n) is 1.49. The van der Waals surface area contributed by atoms with Gasteiger partial charge in [0.05, 0.1) is 25.4 Å². The predicted molar refractivity (Wildman–Crippen MR) is 52.1 cm³/mol. The molecular weight excluding hydrogens is 186 g/mol. The summed E-state index contributed by atoms with van der Waals surface area (Å²) in [6, 6.07) is 0. The normalized spacial score (nSPS) is 12.7. The second-order valence-electron chi connectivity index (χ2n) is 3.42. The minimum Gasteiger partial charge on any atom is -0.447 e. The minimum atomic E-state index is -0.676. The van der Waals surface area contributed by atoms with Crippen LogP contribution in [-0.4, -0.2) is 55.6 Å². The molecule has 1 atom stereocenters. The smallest absolute Gasteiger partial charge is 0.409 e. The van der Waals surface area contributed by atoms with Crippen LogP contribution in [0.1, 0.15) is 13.8 Å². The second kappa shape index (κ2) is 6.62. The van der Waals surface area contributed by atoms with Crippen molar-refractivity contribution in [1.29, 1.82) is 0 Å². The van der Waals surface area contributed by atoms with E-state index >= 15 is 0 Å². The molecule has 0 bridgehead atoms. The van der Waals surface area contributed by atoms with Gasteiger partial charge >= 0.3 is 6.09 Å². The first-order valence-corrected chi connectivity index (χ1v) is 4.56. The van der Waals surface area contributed by atoms with Gasteiger partial charge in [0.2, 0.25) is 0 Å². The minimum absolute atomic E-state index is 0.149. The number of nitrogens with zero attached hydrogens (tertiary/aromatic N) is 1. The third-order valence-corrected chi connectivity index (χ3v) is 1.49. The molecule has 1 N–H and O–H groups in total. The molecular formula is C9H19NO4. The van der Waals surface area contributed by atoms with Gasteiger partial charge in [-0.1, -0.05) is 0 Å². The number of likely N-dealkylation sites (N-methyl/N-ethyl adjacent to an activating group) is 1. The van der Waals surface area contributed by atoms with Crippen LogP contribution in [0.3, 0.4) is 0 Å². The van der Waals surface area contributed by atoms with E-state index in [-0.39, 0.29) is 19.3 Å². The maximum absolute atomic E-state index is 11.2. The number of carbonyl (C=O) groups is 1. The number of amides is 1. The van der Waals surface area contributed by atoms with Crippen LogP contribution in [0.2, 0.25) is 0 Å². The molecule has 5 heteroatoms. The van der Waals surface area contributed by atoms with Crippen LogP contribution < -0.4 is 0 Å². The van der Waals surface area contributed by atoms with Crippen LogP contribution in [0.4, 0.5) is 4.79 Å². The Morgan fingerprint density at radius 2 is 2.07 bits per heavy atom. The number of carbonyl (C=O) groups excluding carboxylic acids is 1. The highest BCUT2D eigenvalue weighted by Crippen LogP contribution is 1.97. The standard InChI is InChI=1S/C9H19NO4/c1-7(2)14-9(12)10(3)5-8(11)6-13-4/h7-8,11H,5-6H2,1-4H3. The highest BCUT2D eigenvalue weighted by molar-refractivity contribution is 5.67. The lowest BCUT2D eigenvalue weighted by Crippen LogP contribution is -2.37. The molecule has 0 rings (SSSR count). The van der Waals surface area contributed by atoms with Gasteiger partial charge in [0.15, 0.2) is 0 Å². The lowest BCUT2D eigenvalue weighted by atomic mass is 10.3. The van der Waals surface area contributed by atoms with E-state index in [1.165, 1.54) is 12.0 Å². The quantitative estimate of drug-likeness (QED) is 0.708. The molecule has 1 amide bonds. The summed E-state index contributed by atoms with van der Waals surface area (Å²) in [6.45, 7) is 3.97. The SMILES string of the molecule is COCC(O)CN(C)C(=O)OC(C)C. The van der Waals surface area contributed by atoms with Gasteiger partial charge in [0.1, 0.15) is 0 Å². The Morgan fingerprint density at radius 3 is 2.50 bits per heavy atom. The van der Waals surface area contributed by atoms with Crippen molar-refractivity contribution in [1.82, 2.24) is 4.90 Å². The number of aliphatic hydroxyl groups is 1. The maximum atomic E-state index is 11.2. The molecule has 0 radical (unpaired) electrons. The van der Waals surface area contributed by atoms with E-state index in [2.05, 4.69) is 0 Å². The largest absolute Gasteiger partial charge is 0.447 e. The summed E-state index contributed by atoms with van der Waals surface area (Å²) in [4.78, 5) is 12.6. The molecule has 0 fully saturated rings. The van der Waals surface area contributed by atoms with Gasteiger partial charge < -0.3 is 19.5 Å². The van der Waals surface area contributed by atoms with Crippen LogP contribution in [0.25, 0.3) is 0 Å². The van der Waals surface area contributed by atoms with Crippen molar-refractivity contribution in [3.8, 4) is 0 Å². The lowest BCUT2D eigenvalue weighted by molar-refractivity contribution is 0.0314. The van der Waals surface area contributed by atoms with Crippen molar-refractivity contribution in [3.63, 3.8) is 0 Å². The number of hydrogen-bond acceptors (Lipinski definition) is 4. The summed E-state index contributed by atoms with van der Waals surface area (Å²) >= 11 is 0. The van der Waals surface area contributed by atoms with Crippen molar-refractivity contribution in [2.75, 3.05) is 27.3 Å². The van der Waals surface area contributed by atoms with Gasteiger partial charge in [-0.15, -0.1) is 0 Å². The van der Waals surface area contributed by atoms with Gasteiger partial charge in [-0.25, -0.2) is 4.79 Å². The molecule has 1 unspecified atom stereocenters. The van der Waals surface area contributed by atoms with Crippen molar-refractivity contribution >= 4 is 6.09 Å². The summed E-state index contributed by atoms with van der Waals surface area (Å²) in [5.41, 5.74) is 0. The van der Waals surface area contributed by atoms with E-state index in [9.17, 15) is 9.90 Å². The average Bonchev–Trinajstić information content (AvgIpc) is 2.02. The number of hydrogen-bond donors (Lipinski definition) is 1. The van der Waals surface area contributed by atoms with Crippen LogP contribution in [-0.2, 0) is 9.47 Å². The van der Waals surface area contributed by atoms with Crippen molar-refractivity contribution in [3.05, 3.63) is 0 Å². The number of rotatable bonds is 5. The zero-order valence-corrected chi connectivity index (χ0v) is 9.19. The van der Waals surface area contributed by atoms with Crippen molar-refractivity contribution in [2.45, 2.75) is 26.1 Å². The maximum Gasteiger partial charge on any atom is 0.409 e. The Labute approximate surface area is 84.6 Å². The van der Waals surface area contributed by atoms with E-state index < -0.39 is 12.2 Å². The number of methoxy groups -OCH3 is 1. The molecule has 0 aromatic heterocycles. The topological polar surface area (TPSA) is 59.0 Å². The van der Waals surface area contributed by atoms with E-state index in [1.807, 2.05) is 0 Å². The highest BCUT2D eigenvalue weighted by Gasteiger charge is 2.15. The van der Waals surface area contributed by atoms with E-state index in [0.29, 0.717) is 0 Å². The first-order chi connectivity index (χ1) is 6.47. The molecule has 0 aromatic rings. The summed E-state index contributed by atoms with van der Waals surface area (Å²) in [5, 5.41) is 9.33. The zero-order valence-electron chi connectivity index (χ0n) is 9.19. The summed E-state index contributed by atoms with van der Waals surface area (Å²) in [5.74, 6) is 0. The Balaban J connectivity index is 3.82. The van der Waals surface area contributed by atoms with E-state index in [0.717, 1.165) is 0 Å². The molecule has 5 nitrogen and oxygen atoms in total. The zero-order chi connectivity index (χ0) is 11.1. The molecule has 0 aliphatic carbocycles. The van der Waals surface area contributed by atoms with Gasteiger partial charge in [-0.3, -0.25) is 0 Å². The predicted octanol–water partition coefficient (Wildman–Crippen LogP) is 0.470. The first kappa shape index (κ1) is 13.2. The molecule has 0 spiro atoms. The Morgan fingerprint density at radius 1 is 1.50 bits per heavy atom. The summed E-state index contributed by atoms with van der Waals surface area (Å²) in [6.07, 6.45) is -1.26. The van der Waals surface area contributed by atoms with Gasteiger partial charge in [-0.2, -0.15) is 0 Å². The Bertz CT molecular complexity index is 172. The fourth-order valence-electron chi connectivity index (χ4n) is 0.927. The second-order valence-corrected chi connectivity index (χ2v) is 3.42. The molecule has 0 saturated heterocycles. The fraction of sp³-hybridized carbons (Fsp3) is 0.889.